The van der Waals surface area contributed by atoms with Crippen molar-refractivity contribution >= 4 is 16.9 Å². The van der Waals surface area contributed by atoms with Crippen molar-refractivity contribution in [3.05, 3.63) is 116 Å². The van der Waals surface area contributed by atoms with Crippen molar-refractivity contribution in [2.45, 2.75) is 33.4 Å². The quantitative estimate of drug-likeness (QED) is 0.451. The minimum atomic E-state index is -0.481. The molecule has 0 spiro atoms. The Hall–Kier alpha value is -3.66. The number of benzene rings is 3. The van der Waals surface area contributed by atoms with Gasteiger partial charge < -0.3 is 9.32 Å². The van der Waals surface area contributed by atoms with Gasteiger partial charge in [0.2, 0.25) is 5.76 Å². The summed E-state index contributed by atoms with van der Waals surface area (Å²) in [6, 6.07) is 21.1. The van der Waals surface area contributed by atoms with Gasteiger partial charge in [0.25, 0.3) is 5.91 Å². The van der Waals surface area contributed by atoms with E-state index in [9.17, 15) is 9.59 Å². The van der Waals surface area contributed by atoms with E-state index in [1.807, 2.05) is 87.5 Å². The lowest BCUT2D eigenvalue weighted by Crippen LogP contribution is -2.29. The fourth-order valence-corrected chi connectivity index (χ4v) is 4.31. The van der Waals surface area contributed by atoms with E-state index in [-0.39, 0.29) is 17.1 Å². The van der Waals surface area contributed by atoms with E-state index in [0.717, 1.165) is 27.8 Å². The second kappa shape index (κ2) is 7.24. The summed E-state index contributed by atoms with van der Waals surface area (Å²) >= 11 is 0. The van der Waals surface area contributed by atoms with Gasteiger partial charge in [-0.25, -0.2) is 0 Å². The van der Waals surface area contributed by atoms with Crippen molar-refractivity contribution in [3.63, 3.8) is 0 Å². The smallest absolute Gasteiger partial charge is 0.291 e. The Labute approximate surface area is 180 Å². The van der Waals surface area contributed by atoms with Crippen LogP contribution in [-0.4, -0.2) is 10.8 Å². The van der Waals surface area contributed by atoms with Crippen LogP contribution in [0.3, 0.4) is 0 Å². The van der Waals surface area contributed by atoms with Gasteiger partial charge in [0, 0.05) is 6.54 Å². The zero-order valence-corrected chi connectivity index (χ0v) is 17.8. The maximum absolute atomic E-state index is 13.6. The normalized spacial score (nSPS) is 15.5. The summed E-state index contributed by atoms with van der Waals surface area (Å²) < 4.78 is 6.09. The third kappa shape index (κ3) is 3.15. The van der Waals surface area contributed by atoms with Crippen molar-refractivity contribution in [3.8, 4) is 0 Å². The summed E-state index contributed by atoms with van der Waals surface area (Å²) in [6.07, 6.45) is 0. The number of carbonyl (C=O) groups is 1. The number of amides is 1. The minimum Gasteiger partial charge on any atom is -0.450 e. The summed E-state index contributed by atoms with van der Waals surface area (Å²) in [5.41, 5.74) is 5.85. The van der Waals surface area contributed by atoms with Gasteiger partial charge in [-0.2, -0.15) is 0 Å². The Morgan fingerprint density at radius 1 is 0.871 bits per heavy atom. The molecule has 0 aliphatic carbocycles. The second-order valence-corrected chi connectivity index (χ2v) is 8.34. The van der Waals surface area contributed by atoms with Crippen molar-refractivity contribution in [1.29, 1.82) is 0 Å². The van der Waals surface area contributed by atoms with E-state index in [1.165, 1.54) is 0 Å². The number of hydrogen-bond donors (Lipinski definition) is 0. The highest BCUT2D eigenvalue weighted by molar-refractivity contribution is 5.99. The molecule has 0 radical (unpaired) electrons. The van der Waals surface area contributed by atoms with Gasteiger partial charge in [0.1, 0.15) is 5.58 Å². The molecule has 4 nitrogen and oxygen atoms in total. The van der Waals surface area contributed by atoms with Crippen molar-refractivity contribution in [2.75, 3.05) is 0 Å². The summed E-state index contributed by atoms with van der Waals surface area (Å²) in [6.45, 7) is 6.37. The molecule has 0 saturated carbocycles. The summed E-state index contributed by atoms with van der Waals surface area (Å²) in [4.78, 5) is 28.9. The van der Waals surface area contributed by atoms with Gasteiger partial charge in [-0.05, 0) is 55.2 Å². The zero-order valence-electron chi connectivity index (χ0n) is 17.8. The monoisotopic (exact) mass is 409 g/mol. The number of fused-ring (bicyclic) bond motifs is 2. The largest absolute Gasteiger partial charge is 0.450 e. The molecule has 3 aromatic carbocycles. The fraction of sp³-hybridized carbons (Fsp3) is 0.185. The minimum absolute atomic E-state index is 0.131. The van der Waals surface area contributed by atoms with Crippen LogP contribution in [0.2, 0.25) is 0 Å². The van der Waals surface area contributed by atoms with Crippen LogP contribution >= 0.6 is 0 Å². The fourth-order valence-electron chi connectivity index (χ4n) is 4.31. The van der Waals surface area contributed by atoms with Gasteiger partial charge >= 0.3 is 0 Å². The molecule has 154 valence electrons. The third-order valence-corrected chi connectivity index (χ3v) is 6.17. The average Bonchev–Trinajstić information content (AvgIpc) is 3.03. The molecular weight excluding hydrogens is 386 g/mol. The van der Waals surface area contributed by atoms with Gasteiger partial charge in [-0.1, -0.05) is 60.2 Å². The lowest BCUT2D eigenvalue weighted by atomic mass is 9.96. The number of rotatable bonds is 3. The number of carbonyl (C=O) groups excluding carboxylic acids is 1. The highest BCUT2D eigenvalue weighted by Gasteiger charge is 2.42. The Kier molecular flexibility index (Phi) is 4.51. The van der Waals surface area contributed by atoms with Crippen LogP contribution in [0.4, 0.5) is 0 Å². The van der Waals surface area contributed by atoms with Crippen LogP contribution in [0.15, 0.2) is 75.9 Å². The van der Waals surface area contributed by atoms with E-state index >= 15 is 0 Å². The Morgan fingerprint density at radius 3 is 2.26 bits per heavy atom. The van der Waals surface area contributed by atoms with Gasteiger partial charge in [0.05, 0.1) is 17.0 Å². The first-order chi connectivity index (χ1) is 14.9. The van der Waals surface area contributed by atoms with E-state index in [1.54, 1.807) is 4.90 Å². The van der Waals surface area contributed by atoms with Crippen LogP contribution in [-0.2, 0) is 6.54 Å². The topological polar surface area (TPSA) is 50.5 Å². The van der Waals surface area contributed by atoms with Crippen LogP contribution in [0.5, 0.6) is 0 Å². The summed E-state index contributed by atoms with van der Waals surface area (Å²) in [5, 5.41) is 0.522. The van der Waals surface area contributed by atoms with Crippen LogP contribution in [0, 0.1) is 20.8 Å². The maximum atomic E-state index is 13.6. The van der Waals surface area contributed by atoms with Gasteiger partial charge in [-0.15, -0.1) is 0 Å². The molecule has 1 amide bonds. The molecule has 1 aliphatic heterocycles. The Balaban J connectivity index is 1.75. The van der Waals surface area contributed by atoms with Crippen LogP contribution in [0.1, 0.15) is 50.0 Å². The van der Waals surface area contributed by atoms with Crippen LogP contribution < -0.4 is 5.43 Å². The average molecular weight is 409 g/mol. The summed E-state index contributed by atoms with van der Waals surface area (Å²) in [7, 11) is 0. The maximum Gasteiger partial charge on any atom is 0.291 e. The molecule has 1 unspecified atom stereocenters. The molecule has 1 aromatic heterocycles. The number of nitrogens with zero attached hydrogens (tertiary/aromatic N) is 1. The molecule has 31 heavy (non-hydrogen) atoms. The van der Waals surface area contributed by atoms with E-state index in [0.29, 0.717) is 23.1 Å². The molecular formula is C27H23NO3. The highest BCUT2D eigenvalue weighted by atomic mass is 16.3. The Morgan fingerprint density at radius 2 is 1.55 bits per heavy atom. The molecule has 4 aromatic rings. The lowest BCUT2D eigenvalue weighted by molar-refractivity contribution is 0.0714. The van der Waals surface area contributed by atoms with E-state index < -0.39 is 6.04 Å². The van der Waals surface area contributed by atoms with Crippen LogP contribution in [0.25, 0.3) is 11.0 Å². The first-order valence-corrected chi connectivity index (χ1v) is 10.4. The van der Waals surface area contributed by atoms with Crippen molar-refractivity contribution < 1.29 is 9.21 Å². The Bertz CT molecular complexity index is 1370. The molecule has 5 rings (SSSR count). The molecule has 0 bridgehead atoms. The van der Waals surface area contributed by atoms with E-state index in [4.69, 9.17) is 4.42 Å². The molecule has 4 heteroatoms. The van der Waals surface area contributed by atoms with Crippen molar-refractivity contribution in [1.82, 2.24) is 4.90 Å². The predicted octanol–water partition coefficient (Wildman–Crippen LogP) is 5.46. The first-order valence-electron chi connectivity index (χ1n) is 10.4. The second-order valence-electron chi connectivity index (χ2n) is 8.34. The molecule has 2 heterocycles. The number of aryl methyl sites for hydroxylation is 3. The third-order valence-electron chi connectivity index (χ3n) is 6.17. The molecule has 0 N–H and O–H groups in total. The molecule has 1 atom stereocenters. The van der Waals surface area contributed by atoms with E-state index in [2.05, 4.69) is 0 Å². The van der Waals surface area contributed by atoms with Crippen molar-refractivity contribution in [2.24, 2.45) is 0 Å². The standard InChI is InChI=1S/C27H23NO3/c1-16-9-11-20(12-10-16)24-23-25(29)21-13-17(2)18(3)14-22(21)31-26(23)27(30)28(24)15-19-7-5-4-6-8-19/h4-14,24H,15H2,1-3H3. The highest BCUT2D eigenvalue weighted by Crippen LogP contribution is 2.39. The van der Waals surface area contributed by atoms with Gasteiger partial charge in [-0.3, -0.25) is 9.59 Å². The lowest BCUT2D eigenvalue weighted by Gasteiger charge is -2.25. The first kappa shape index (κ1) is 19.3. The predicted molar refractivity (Wildman–Crippen MR) is 121 cm³/mol. The number of hydrogen-bond acceptors (Lipinski definition) is 3. The molecule has 0 fully saturated rings. The van der Waals surface area contributed by atoms with Gasteiger partial charge in [0.15, 0.2) is 5.43 Å². The molecule has 1 aliphatic rings. The summed E-state index contributed by atoms with van der Waals surface area (Å²) in [5.74, 6) is -0.0936. The SMILES string of the molecule is Cc1ccc(C2c3c(oc4cc(C)c(C)cc4c3=O)C(=O)N2Cc2ccccc2)cc1. The molecule has 0 saturated heterocycles. The zero-order chi connectivity index (χ0) is 21.7.